The van der Waals surface area contributed by atoms with E-state index in [4.69, 9.17) is 0 Å². The number of unbranched alkanes of at least 4 members (excludes halogenated alkanes) is 17. The fourth-order valence-corrected chi connectivity index (χ4v) is 6.05. The Morgan fingerprint density at radius 1 is 0.500 bits per heavy atom. The molecule has 0 spiro atoms. The summed E-state index contributed by atoms with van der Waals surface area (Å²) >= 11 is 0. The number of quaternary nitrogens is 1. The standard InChI is InChI=1S/C35H65NO6/c1-5-6-7-8-9-10-11-12-13-14-15-16-17-18-19-20-21-22-23-24-25-26-36(27-30(2)33(37)38,28-31(3)34(39)40)29-32(4)35(41)42/h9-10,30-32H,5-8,11-29H2,1-4H3,(H2-,37,38,39,40,41,42)/p+1/b10-9+. The largest absolute Gasteiger partial charge is 0.481 e. The van der Waals surface area contributed by atoms with Gasteiger partial charge in [-0.1, -0.05) is 103 Å². The van der Waals surface area contributed by atoms with E-state index in [-0.39, 0.29) is 24.1 Å². The highest BCUT2D eigenvalue weighted by molar-refractivity contribution is 5.70. The lowest BCUT2D eigenvalue weighted by Gasteiger charge is -2.42. The molecule has 3 unspecified atom stereocenters. The van der Waals surface area contributed by atoms with Crippen LogP contribution < -0.4 is 0 Å². The average molecular weight is 597 g/mol. The molecule has 0 aliphatic rings. The quantitative estimate of drug-likeness (QED) is 0.0433. The summed E-state index contributed by atoms with van der Waals surface area (Å²) < 4.78 is 0.227. The lowest BCUT2D eigenvalue weighted by molar-refractivity contribution is -0.934. The first-order valence-electron chi connectivity index (χ1n) is 17.2. The van der Waals surface area contributed by atoms with Crippen molar-refractivity contribution in [1.29, 1.82) is 0 Å². The van der Waals surface area contributed by atoms with Gasteiger partial charge in [-0.25, -0.2) is 0 Å². The molecule has 0 aliphatic heterocycles. The lowest BCUT2D eigenvalue weighted by atomic mass is 10.00. The number of hydrogen-bond acceptors (Lipinski definition) is 3. The summed E-state index contributed by atoms with van der Waals surface area (Å²) in [6, 6.07) is 0. The van der Waals surface area contributed by atoms with Gasteiger partial charge in [-0.15, -0.1) is 0 Å². The molecule has 7 nitrogen and oxygen atoms in total. The zero-order chi connectivity index (χ0) is 31.6. The van der Waals surface area contributed by atoms with Crippen molar-refractivity contribution in [2.45, 2.75) is 150 Å². The Morgan fingerprint density at radius 3 is 1.10 bits per heavy atom. The van der Waals surface area contributed by atoms with E-state index in [0.29, 0.717) is 6.54 Å². The maximum absolute atomic E-state index is 11.6. The van der Waals surface area contributed by atoms with Crippen LogP contribution in [0.3, 0.4) is 0 Å². The van der Waals surface area contributed by atoms with Gasteiger partial charge in [0.05, 0.1) is 26.2 Å². The molecule has 3 N–H and O–H groups in total. The highest BCUT2D eigenvalue weighted by Crippen LogP contribution is 2.22. The zero-order valence-electron chi connectivity index (χ0n) is 27.7. The molecule has 246 valence electrons. The molecule has 0 rings (SSSR count). The summed E-state index contributed by atoms with van der Waals surface area (Å²) in [6.45, 7) is 8.50. The number of rotatable bonds is 30. The summed E-state index contributed by atoms with van der Waals surface area (Å²) in [4.78, 5) is 34.9. The molecule has 0 aromatic heterocycles. The highest BCUT2D eigenvalue weighted by atomic mass is 16.4. The van der Waals surface area contributed by atoms with E-state index in [1.807, 2.05) is 0 Å². The number of aliphatic carboxylic acids is 3. The number of hydrogen-bond donors (Lipinski definition) is 3. The van der Waals surface area contributed by atoms with E-state index in [2.05, 4.69) is 19.1 Å². The van der Waals surface area contributed by atoms with Gasteiger partial charge in [-0.2, -0.15) is 0 Å². The minimum Gasteiger partial charge on any atom is -0.481 e. The fourth-order valence-electron chi connectivity index (χ4n) is 6.05. The summed E-state index contributed by atoms with van der Waals surface area (Å²) in [5.41, 5.74) is 0. The Bertz CT molecular complexity index is 682. The van der Waals surface area contributed by atoms with Gasteiger partial charge in [0.25, 0.3) is 0 Å². The molecular formula is C35H66NO6+. The minimum absolute atomic E-state index is 0.227. The Morgan fingerprint density at radius 2 is 0.786 bits per heavy atom. The topological polar surface area (TPSA) is 112 Å². The summed E-state index contributed by atoms with van der Waals surface area (Å²) in [7, 11) is 0. The Hall–Kier alpha value is -1.89. The Kier molecular flexibility index (Phi) is 24.4. The normalized spacial score (nSPS) is 15.3. The third-order valence-corrected chi connectivity index (χ3v) is 8.64. The van der Waals surface area contributed by atoms with Gasteiger partial charge in [0.2, 0.25) is 0 Å². The number of carboxylic acid groups (broad SMARTS) is 3. The third-order valence-electron chi connectivity index (χ3n) is 8.64. The van der Waals surface area contributed by atoms with Gasteiger partial charge in [0.1, 0.15) is 17.8 Å². The molecule has 0 amide bonds. The van der Waals surface area contributed by atoms with Crippen molar-refractivity contribution >= 4 is 17.9 Å². The van der Waals surface area contributed by atoms with Crippen LogP contribution in [0.25, 0.3) is 0 Å². The SMILES string of the molecule is CCCCC/C=C/CCCCCCCCCCCCCCCC[N+](CC(C)C(=O)O)(CC(C)C(=O)O)CC(C)C(=O)O. The average Bonchev–Trinajstić information content (AvgIpc) is 2.93. The molecule has 0 aromatic carbocycles. The zero-order valence-corrected chi connectivity index (χ0v) is 27.7. The highest BCUT2D eigenvalue weighted by Gasteiger charge is 2.38. The molecule has 0 saturated carbocycles. The van der Waals surface area contributed by atoms with E-state index >= 15 is 0 Å². The van der Waals surface area contributed by atoms with Crippen LogP contribution in [0, 0.1) is 17.8 Å². The van der Waals surface area contributed by atoms with Crippen molar-refractivity contribution < 1.29 is 34.2 Å². The minimum atomic E-state index is -0.931. The number of carbonyl (C=O) groups is 3. The van der Waals surface area contributed by atoms with Gasteiger partial charge < -0.3 is 19.8 Å². The van der Waals surface area contributed by atoms with Crippen LogP contribution in [-0.2, 0) is 14.4 Å². The van der Waals surface area contributed by atoms with Gasteiger partial charge in [-0.3, -0.25) is 14.4 Å². The number of nitrogens with zero attached hydrogens (tertiary/aromatic N) is 1. The summed E-state index contributed by atoms with van der Waals surface area (Å²) in [6.07, 6.45) is 28.6. The molecule has 0 saturated heterocycles. The second-order valence-corrected chi connectivity index (χ2v) is 13.0. The molecule has 0 radical (unpaired) electrons. The predicted molar refractivity (Wildman–Crippen MR) is 173 cm³/mol. The van der Waals surface area contributed by atoms with Crippen LogP contribution in [0.15, 0.2) is 12.2 Å². The van der Waals surface area contributed by atoms with E-state index in [0.717, 1.165) is 19.3 Å². The van der Waals surface area contributed by atoms with Crippen LogP contribution in [0.4, 0.5) is 0 Å². The van der Waals surface area contributed by atoms with Gasteiger partial charge in [0.15, 0.2) is 0 Å². The molecule has 0 fully saturated rings. The van der Waals surface area contributed by atoms with Crippen LogP contribution in [-0.4, -0.2) is 63.9 Å². The van der Waals surface area contributed by atoms with E-state index in [9.17, 15) is 29.7 Å². The molecule has 3 atom stereocenters. The molecule has 0 heterocycles. The molecule has 0 aliphatic carbocycles. The van der Waals surface area contributed by atoms with Crippen molar-refractivity contribution in [3.05, 3.63) is 12.2 Å². The van der Waals surface area contributed by atoms with Gasteiger partial charge in [0, 0.05) is 0 Å². The smallest absolute Gasteiger partial charge is 0.311 e. The lowest BCUT2D eigenvalue weighted by Crippen LogP contribution is -2.57. The first-order chi connectivity index (χ1) is 20.0. The number of allylic oxidation sites excluding steroid dienone is 2. The maximum Gasteiger partial charge on any atom is 0.311 e. The second-order valence-electron chi connectivity index (χ2n) is 13.0. The first-order valence-corrected chi connectivity index (χ1v) is 17.2. The summed E-state index contributed by atoms with van der Waals surface area (Å²) in [5, 5.41) is 28.6. The first kappa shape index (κ1) is 40.1. The van der Waals surface area contributed by atoms with E-state index < -0.39 is 35.7 Å². The van der Waals surface area contributed by atoms with Crippen LogP contribution >= 0.6 is 0 Å². The fraction of sp³-hybridized carbons (Fsp3) is 0.857. The Balaban J connectivity index is 4.18. The van der Waals surface area contributed by atoms with Crippen molar-refractivity contribution in [3.8, 4) is 0 Å². The van der Waals surface area contributed by atoms with E-state index in [1.54, 1.807) is 20.8 Å². The maximum atomic E-state index is 11.6. The van der Waals surface area contributed by atoms with Crippen molar-refractivity contribution in [3.63, 3.8) is 0 Å². The molecular weight excluding hydrogens is 530 g/mol. The van der Waals surface area contributed by atoms with Gasteiger partial charge in [-0.05, 0) is 59.3 Å². The predicted octanol–water partition coefficient (Wildman–Crippen LogP) is 8.95. The monoisotopic (exact) mass is 596 g/mol. The van der Waals surface area contributed by atoms with Crippen molar-refractivity contribution in [2.75, 3.05) is 26.2 Å². The third kappa shape index (κ3) is 21.8. The van der Waals surface area contributed by atoms with Crippen LogP contribution in [0.1, 0.15) is 150 Å². The molecule has 42 heavy (non-hydrogen) atoms. The molecule has 7 heteroatoms. The molecule has 0 bridgehead atoms. The van der Waals surface area contributed by atoms with Crippen molar-refractivity contribution in [1.82, 2.24) is 0 Å². The molecule has 0 aromatic rings. The van der Waals surface area contributed by atoms with Crippen molar-refractivity contribution in [2.24, 2.45) is 17.8 Å². The van der Waals surface area contributed by atoms with Crippen LogP contribution in [0.2, 0.25) is 0 Å². The number of carboxylic acids is 3. The summed E-state index contributed by atoms with van der Waals surface area (Å²) in [5.74, 6) is -4.79. The van der Waals surface area contributed by atoms with Crippen LogP contribution in [0.5, 0.6) is 0 Å². The van der Waals surface area contributed by atoms with E-state index in [1.165, 1.54) is 103 Å². The second kappa shape index (κ2) is 25.6. The van der Waals surface area contributed by atoms with Gasteiger partial charge >= 0.3 is 17.9 Å². The Labute approximate surface area is 257 Å².